The number of ether oxygens (including phenoxy) is 2. The molecular weight excluding hydrogens is 306 g/mol. The summed E-state index contributed by atoms with van der Waals surface area (Å²) >= 11 is 6.05. The third-order valence-corrected chi connectivity index (χ3v) is 3.80. The monoisotopic (exact) mass is 317 g/mol. The van der Waals surface area contributed by atoms with Gasteiger partial charge in [0.1, 0.15) is 17.1 Å². The Kier molecular flexibility index (Phi) is 3.50. The van der Waals surface area contributed by atoms with Crippen molar-refractivity contribution in [3.63, 3.8) is 0 Å². The molecule has 0 unspecified atom stereocenters. The lowest BCUT2D eigenvalue weighted by Crippen LogP contribution is -2.17. The number of methoxy groups -OCH3 is 2. The van der Waals surface area contributed by atoms with Crippen LogP contribution in [0.4, 0.5) is 5.69 Å². The number of carbonyl (C=O) groups is 1. The van der Waals surface area contributed by atoms with E-state index in [-0.39, 0.29) is 22.0 Å². The number of hydrogen-bond acceptors (Lipinski definition) is 4. The molecule has 0 aromatic heterocycles. The molecule has 0 atom stereocenters. The van der Waals surface area contributed by atoms with Gasteiger partial charge < -0.3 is 14.7 Å². The summed E-state index contributed by atoms with van der Waals surface area (Å²) in [7, 11) is 3.00. The van der Waals surface area contributed by atoms with Crippen molar-refractivity contribution >= 4 is 28.8 Å². The van der Waals surface area contributed by atoms with Crippen molar-refractivity contribution < 1.29 is 19.0 Å². The molecular formula is C16H12ClNO4. The summed E-state index contributed by atoms with van der Waals surface area (Å²) in [4.78, 5) is 12.6. The lowest BCUT2D eigenvalue weighted by atomic mass is 10.0. The number of halogens is 1. The molecule has 0 spiro atoms. The van der Waals surface area contributed by atoms with Crippen LogP contribution in [0.5, 0.6) is 11.5 Å². The highest BCUT2D eigenvalue weighted by Crippen LogP contribution is 2.34. The van der Waals surface area contributed by atoms with E-state index in [1.54, 1.807) is 36.4 Å². The molecule has 2 aromatic carbocycles. The van der Waals surface area contributed by atoms with E-state index < -0.39 is 5.78 Å². The van der Waals surface area contributed by atoms with E-state index in [9.17, 15) is 10.0 Å². The third kappa shape index (κ3) is 2.10. The van der Waals surface area contributed by atoms with E-state index >= 15 is 0 Å². The second kappa shape index (κ2) is 5.35. The Balaban J connectivity index is 2.20. The van der Waals surface area contributed by atoms with Crippen molar-refractivity contribution in [1.82, 2.24) is 0 Å². The smallest absolute Gasteiger partial charge is 0.273 e. The summed E-state index contributed by atoms with van der Waals surface area (Å²) < 4.78 is 10.9. The van der Waals surface area contributed by atoms with E-state index in [0.717, 1.165) is 0 Å². The topological polar surface area (TPSA) is 61.6 Å². The molecule has 0 N–H and O–H groups in total. The maximum atomic E-state index is 12.6. The van der Waals surface area contributed by atoms with Gasteiger partial charge in [-0.3, -0.25) is 4.79 Å². The number of rotatable bonds is 3. The Bertz CT molecular complexity index is 792. The highest BCUT2D eigenvalue weighted by molar-refractivity contribution is 6.54. The van der Waals surface area contributed by atoms with E-state index in [1.807, 2.05) is 0 Å². The van der Waals surface area contributed by atoms with Crippen LogP contribution in [0.2, 0.25) is 5.02 Å². The van der Waals surface area contributed by atoms with Gasteiger partial charge in [-0.15, -0.1) is 0 Å². The number of carbonyl (C=O) groups excluding carboxylic acids is 1. The molecule has 22 heavy (non-hydrogen) atoms. The summed E-state index contributed by atoms with van der Waals surface area (Å²) in [6.07, 6.45) is 0. The second-order valence-corrected chi connectivity index (χ2v) is 5.11. The normalized spacial score (nSPS) is 13.3. The number of benzene rings is 2. The molecule has 0 saturated heterocycles. The summed E-state index contributed by atoms with van der Waals surface area (Å²) in [6.45, 7) is 0. The highest BCUT2D eigenvalue weighted by atomic mass is 35.5. The first-order valence-corrected chi connectivity index (χ1v) is 6.85. The summed E-state index contributed by atoms with van der Waals surface area (Å²) in [5.41, 5.74) is 0.883. The van der Waals surface area contributed by atoms with Gasteiger partial charge in [-0.2, -0.15) is 4.74 Å². The molecule has 0 bridgehead atoms. The van der Waals surface area contributed by atoms with Gasteiger partial charge in [0.15, 0.2) is 0 Å². The minimum Gasteiger partial charge on any atom is -0.618 e. The van der Waals surface area contributed by atoms with Crippen LogP contribution in [-0.2, 0) is 0 Å². The SMILES string of the molecule is COc1cc(OC)cc(C2=[N+]([O-])c3cccc(Cl)c3C2=O)c1. The van der Waals surface area contributed by atoms with Crippen molar-refractivity contribution in [2.75, 3.05) is 14.2 Å². The first kappa shape index (κ1) is 14.4. The van der Waals surface area contributed by atoms with Crippen LogP contribution >= 0.6 is 11.6 Å². The number of ketones is 1. The molecule has 6 heteroatoms. The fourth-order valence-electron chi connectivity index (χ4n) is 2.43. The zero-order chi connectivity index (χ0) is 15.9. The lowest BCUT2D eigenvalue weighted by molar-refractivity contribution is -0.355. The molecule has 0 fully saturated rings. The van der Waals surface area contributed by atoms with Crippen molar-refractivity contribution in [3.05, 3.63) is 57.8 Å². The summed E-state index contributed by atoms with van der Waals surface area (Å²) in [5.74, 6) is 0.570. The van der Waals surface area contributed by atoms with E-state index in [0.29, 0.717) is 21.8 Å². The first-order chi connectivity index (χ1) is 10.6. The fraction of sp³-hybridized carbons (Fsp3) is 0.125. The van der Waals surface area contributed by atoms with Gasteiger partial charge in [-0.1, -0.05) is 17.7 Å². The first-order valence-electron chi connectivity index (χ1n) is 6.47. The zero-order valence-electron chi connectivity index (χ0n) is 11.9. The van der Waals surface area contributed by atoms with Gasteiger partial charge in [0.05, 0.1) is 24.8 Å². The fourth-order valence-corrected chi connectivity index (χ4v) is 2.69. The van der Waals surface area contributed by atoms with Crippen molar-refractivity contribution in [3.8, 4) is 11.5 Å². The maximum absolute atomic E-state index is 12.6. The molecule has 1 heterocycles. The molecule has 2 aromatic rings. The Morgan fingerprint density at radius 1 is 1.09 bits per heavy atom. The maximum Gasteiger partial charge on any atom is 0.273 e. The molecule has 3 rings (SSSR count). The van der Waals surface area contributed by atoms with Gasteiger partial charge in [0, 0.05) is 12.1 Å². The van der Waals surface area contributed by atoms with Crippen LogP contribution in [0.3, 0.4) is 0 Å². The number of fused-ring (bicyclic) bond motifs is 1. The standard InChI is InChI=1S/C16H12ClNO4/c1-21-10-6-9(7-11(8-10)22-2)15-16(19)14-12(17)4-3-5-13(14)18(15)20/h3-8H,1-2H3. The largest absolute Gasteiger partial charge is 0.618 e. The van der Waals surface area contributed by atoms with Crippen LogP contribution in [0.25, 0.3) is 0 Å². The Hall–Kier alpha value is -2.53. The van der Waals surface area contributed by atoms with Crippen LogP contribution in [-0.4, -0.2) is 30.5 Å². The quantitative estimate of drug-likeness (QED) is 0.644. The van der Waals surface area contributed by atoms with Gasteiger partial charge in [0.25, 0.3) is 11.5 Å². The van der Waals surface area contributed by atoms with Crippen LogP contribution in [0, 0.1) is 5.21 Å². The third-order valence-electron chi connectivity index (χ3n) is 3.48. The Labute approximate surface area is 131 Å². The number of hydrogen-bond donors (Lipinski definition) is 0. The molecule has 5 nitrogen and oxygen atoms in total. The molecule has 0 aliphatic carbocycles. The highest BCUT2D eigenvalue weighted by Gasteiger charge is 2.38. The van der Waals surface area contributed by atoms with Crippen molar-refractivity contribution in [1.29, 1.82) is 0 Å². The lowest BCUT2D eigenvalue weighted by Gasteiger charge is -2.07. The van der Waals surface area contributed by atoms with Gasteiger partial charge >= 0.3 is 0 Å². The predicted octanol–water partition coefficient (Wildman–Crippen LogP) is 3.18. The molecule has 112 valence electrons. The Morgan fingerprint density at radius 2 is 1.73 bits per heavy atom. The zero-order valence-corrected chi connectivity index (χ0v) is 12.7. The molecule has 1 aliphatic heterocycles. The minimum atomic E-state index is -0.411. The van der Waals surface area contributed by atoms with E-state index in [2.05, 4.69) is 0 Å². The molecule has 0 saturated carbocycles. The van der Waals surface area contributed by atoms with E-state index in [1.165, 1.54) is 14.2 Å². The van der Waals surface area contributed by atoms with Crippen LogP contribution in [0.1, 0.15) is 15.9 Å². The number of Topliss-reactive ketones (excluding diaryl/α,β-unsaturated/α-hetero) is 1. The second-order valence-electron chi connectivity index (χ2n) is 4.71. The molecule has 1 aliphatic rings. The van der Waals surface area contributed by atoms with Gasteiger partial charge in [0.2, 0.25) is 5.69 Å². The molecule has 0 amide bonds. The minimum absolute atomic E-state index is 0.000278. The van der Waals surface area contributed by atoms with Gasteiger partial charge in [-0.05, 0) is 18.2 Å². The number of nitrogens with zero attached hydrogens (tertiary/aromatic N) is 1. The van der Waals surface area contributed by atoms with Crippen LogP contribution in [0.15, 0.2) is 36.4 Å². The van der Waals surface area contributed by atoms with Crippen LogP contribution < -0.4 is 9.47 Å². The average molecular weight is 318 g/mol. The average Bonchev–Trinajstić information content (AvgIpc) is 2.79. The predicted molar refractivity (Wildman–Crippen MR) is 82.7 cm³/mol. The molecule has 0 radical (unpaired) electrons. The van der Waals surface area contributed by atoms with Gasteiger partial charge in [-0.25, -0.2) is 0 Å². The Morgan fingerprint density at radius 3 is 2.27 bits per heavy atom. The van der Waals surface area contributed by atoms with E-state index in [4.69, 9.17) is 21.1 Å². The summed E-state index contributed by atoms with van der Waals surface area (Å²) in [5, 5.41) is 12.7. The van der Waals surface area contributed by atoms with Crippen molar-refractivity contribution in [2.24, 2.45) is 0 Å². The summed E-state index contributed by atoms with van der Waals surface area (Å²) in [6, 6.07) is 9.67. The van der Waals surface area contributed by atoms with Crippen molar-refractivity contribution in [2.45, 2.75) is 0 Å².